The lowest BCUT2D eigenvalue weighted by molar-refractivity contribution is -0.121. The summed E-state index contributed by atoms with van der Waals surface area (Å²) in [5.41, 5.74) is 6.20. The van der Waals surface area contributed by atoms with Crippen LogP contribution >= 0.6 is 11.6 Å². The van der Waals surface area contributed by atoms with E-state index in [1.807, 2.05) is 18.2 Å². The summed E-state index contributed by atoms with van der Waals surface area (Å²) in [6.45, 7) is 12.9. The molecular formula is C28H54ClN9O3. The molecule has 0 aliphatic heterocycles. The number of unbranched alkanes of at least 4 members (excludes halogenated alkanes) is 2. The topological polar surface area (TPSA) is 166 Å². The standard InChI is InChI=1S/C28H54ClN9O3/c29-26-7-4-3-6-25(26)24-41-28(40)38-10-5-1-2-8-27(39)37-23-22-36-21-20-35-19-18-34-17-16-33-15-14-32-13-12-31-11-9-30/h3-4,6-7,31-36H,1-2,5,8-24,30H2,(H,37,39)(H,38,40). The average molecular weight is 600 g/mol. The molecule has 0 heterocycles. The summed E-state index contributed by atoms with van der Waals surface area (Å²) >= 11 is 6.05. The fourth-order valence-electron chi connectivity index (χ4n) is 3.70. The molecule has 0 unspecified atom stereocenters. The minimum Gasteiger partial charge on any atom is -0.445 e. The van der Waals surface area contributed by atoms with Crippen LogP contribution in [-0.2, 0) is 16.1 Å². The monoisotopic (exact) mass is 599 g/mol. The molecule has 0 bridgehead atoms. The Morgan fingerprint density at radius 2 is 1.15 bits per heavy atom. The van der Waals surface area contributed by atoms with E-state index >= 15 is 0 Å². The van der Waals surface area contributed by atoms with E-state index in [0.717, 1.165) is 103 Å². The Labute approximate surface area is 251 Å². The first-order chi connectivity index (χ1) is 20.1. The van der Waals surface area contributed by atoms with Crippen molar-refractivity contribution >= 4 is 23.6 Å². The van der Waals surface area contributed by atoms with Crippen molar-refractivity contribution in [1.29, 1.82) is 0 Å². The normalized spacial score (nSPS) is 11.0. The lowest BCUT2D eigenvalue weighted by Gasteiger charge is -2.10. The molecule has 236 valence electrons. The number of amides is 2. The largest absolute Gasteiger partial charge is 0.445 e. The number of carbonyl (C=O) groups is 2. The van der Waals surface area contributed by atoms with E-state index in [1.54, 1.807) is 6.07 Å². The predicted molar refractivity (Wildman–Crippen MR) is 167 cm³/mol. The highest BCUT2D eigenvalue weighted by molar-refractivity contribution is 6.31. The highest BCUT2D eigenvalue weighted by Gasteiger charge is 2.05. The second-order valence-electron chi connectivity index (χ2n) is 9.54. The van der Waals surface area contributed by atoms with Crippen LogP contribution in [0.4, 0.5) is 4.79 Å². The zero-order valence-corrected chi connectivity index (χ0v) is 25.4. The summed E-state index contributed by atoms with van der Waals surface area (Å²) in [4.78, 5) is 23.7. The van der Waals surface area contributed by atoms with Crippen molar-refractivity contribution in [3.63, 3.8) is 0 Å². The third-order valence-corrected chi connectivity index (χ3v) is 6.37. The van der Waals surface area contributed by atoms with Gasteiger partial charge in [0.25, 0.3) is 0 Å². The van der Waals surface area contributed by atoms with Gasteiger partial charge in [-0.3, -0.25) is 4.79 Å². The Morgan fingerprint density at radius 3 is 1.68 bits per heavy atom. The first-order valence-corrected chi connectivity index (χ1v) is 15.4. The van der Waals surface area contributed by atoms with Crippen LogP contribution in [0.2, 0.25) is 5.02 Å². The van der Waals surface area contributed by atoms with Crippen LogP contribution in [0.1, 0.15) is 31.2 Å². The molecule has 1 aromatic rings. The zero-order valence-electron chi connectivity index (χ0n) is 24.6. The average Bonchev–Trinajstić information content (AvgIpc) is 2.97. The van der Waals surface area contributed by atoms with Crippen molar-refractivity contribution in [3.05, 3.63) is 34.9 Å². The van der Waals surface area contributed by atoms with E-state index in [9.17, 15) is 9.59 Å². The number of nitrogens with one attached hydrogen (secondary N) is 8. The van der Waals surface area contributed by atoms with E-state index in [0.29, 0.717) is 31.1 Å². The summed E-state index contributed by atoms with van der Waals surface area (Å²) in [6.07, 6.45) is 2.47. The lowest BCUT2D eigenvalue weighted by atomic mass is 10.2. The maximum atomic E-state index is 12.0. The number of rotatable bonds is 28. The number of nitrogens with two attached hydrogens (primary N) is 1. The number of halogens is 1. The SMILES string of the molecule is NCCNCCNCCNCCNCCNCCNCCNC(=O)CCCCCNC(=O)OCc1ccccc1Cl. The summed E-state index contributed by atoms with van der Waals surface area (Å²) in [5.74, 6) is 0.0597. The maximum absolute atomic E-state index is 12.0. The van der Waals surface area contributed by atoms with Gasteiger partial charge in [0, 0.05) is 115 Å². The smallest absolute Gasteiger partial charge is 0.407 e. The lowest BCUT2D eigenvalue weighted by Crippen LogP contribution is -2.38. The molecule has 0 aromatic heterocycles. The van der Waals surface area contributed by atoms with Crippen LogP contribution in [0.3, 0.4) is 0 Å². The van der Waals surface area contributed by atoms with Gasteiger partial charge in [-0.25, -0.2) is 4.79 Å². The second-order valence-corrected chi connectivity index (χ2v) is 9.95. The number of ether oxygens (including phenoxy) is 1. The third-order valence-electron chi connectivity index (χ3n) is 6.00. The van der Waals surface area contributed by atoms with Crippen molar-refractivity contribution in [2.75, 3.05) is 98.2 Å². The molecule has 10 N–H and O–H groups in total. The van der Waals surface area contributed by atoms with Gasteiger partial charge >= 0.3 is 6.09 Å². The van der Waals surface area contributed by atoms with E-state index in [-0.39, 0.29) is 12.5 Å². The van der Waals surface area contributed by atoms with Gasteiger partial charge in [0.1, 0.15) is 6.61 Å². The first-order valence-electron chi connectivity index (χ1n) is 15.0. The number of hydrogen-bond acceptors (Lipinski definition) is 10. The second kappa shape index (κ2) is 28.1. The molecule has 41 heavy (non-hydrogen) atoms. The minimum absolute atomic E-state index is 0.0597. The molecule has 0 aliphatic carbocycles. The number of alkyl carbamates (subject to hydrolysis) is 1. The third kappa shape index (κ3) is 24.3. The van der Waals surface area contributed by atoms with Crippen LogP contribution in [0.15, 0.2) is 24.3 Å². The molecule has 2 amide bonds. The van der Waals surface area contributed by atoms with Gasteiger partial charge in [-0.2, -0.15) is 0 Å². The molecule has 13 heteroatoms. The van der Waals surface area contributed by atoms with Crippen molar-refractivity contribution in [3.8, 4) is 0 Å². The molecule has 0 aliphatic rings. The first kappa shape index (κ1) is 37.0. The van der Waals surface area contributed by atoms with Gasteiger partial charge in [-0.1, -0.05) is 36.2 Å². The van der Waals surface area contributed by atoms with Gasteiger partial charge in [0.15, 0.2) is 0 Å². The number of hydrogen-bond donors (Lipinski definition) is 9. The summed E-state index contributed by atoms with van der Waals surface area (Å²) in [6, 6.07) is 7.26. The molecule has 12 nitrogen and oxygen atoms in total. The molecule has 1 rings (SSSR count). The predicted octanol–water partition coefficient (Wildman–Crippen LogP) is -0.261. The quantitative estimate of drug-likeness (QED) is 0.0586. The van der Waals surface area contributed by atoms with Gasteiger partial charge in [0.2, 0.25) is 5.91 Å². The molecule has 0 atom stereocenters. The Hall–Kier alpha value is -2.03. The van der Waals surface area contributed by atoms with E-state index < -0.39 is 6.09 Å². The van der Waals surface area contributed by atoms with E-state index in [1.165, 1.54) is 0 Å². The van der Waals surface area contributed by atoms with Gasteiger partial charge in [0.05, 0.1) is 0 Å². The van der Waals surface area contributed by atoms with Crippen LogP contribution in [0, 0.1) is 0 Å². The summed E-state index contributed by atoms with van der Waals surface area (Å²) in [5, 5.41) is 26.4. The van der Waals surface area contributed by atoms with Crippen molar-refractivity contribution < 1.29 is 14.3 Å². The Balaban J connectivity index is 1.75. The molecule has 0 saturated heterocycles. The summed E-state index contributed by atoms with van der Waals surface area (Å²) in [7, 11) is 0. The van der Waals surface area contributed by atoms with Gasteiger partial charge in [-0.15, -0.1) is 0 Å². The highest BCUT2D eigenvalue weighted by atomic mass is 35.5. The zero-order chi connectivity index (χ0) is 29.6. The maximum Gasteiger partial charge on any atom is 0.407 e. The summed E-state index contributed by atoms with van der Waals surface area (Å²) < 4.78 is 5.17. The number of benzene rings is 1. The van der Waals surface area contributed by atoms with Crippen LogP contribution < -0.4 is 48.3 Å². The van der Waals surface area contributed by atoms with Crippen LogP contribution in [0.25, 0.3) is 0 Å². The Kier molecular flexibility index (Phi) is 25.4. The van der Waals surface area contributed by atoms with Gasteiger partial charge in [-0.05, 0) is 18.9 Å². The number of carbonyl (C=O) groups excluding carboxylic acids is 2. The Bertz CT molecular complexity index is 777. The molecule has 0 radical (unpaired) electrons. The van der Waals surface area contributed by atoms with E-state index in [4.69, 9.17) is 22.1 Å². The Morgan fingerprint density at radius 1 is 0.634 bits per heavy atom. The van der Waals surface area contributed by atoms with Gasteiger partial charge < -0.3 is 53.0 Å². The molecular weight excluding hydrogens is 546 g/mol. The van der Waals surface area contributed by atoms with E-state index in [2.05, 4.69) is 42.5 Å². The molecule has 0 fully saturated rings. The van der Waals surface area contributed by atoms with Crippen molar-refractivity contribution in [1.82, 2.24) is 42.5 Å². The van der Waals surface area contributed by atoms with Crippen molar-refractivity contribution in [2.45, 2.75) is 32.3 Å². The fraction of sp³-hybridized carbons (Fsp3) is 0.714. The van der Waals surface area contributed by atoms with Crippen LogP contribution in [0.5, 0.6) is 0 Å². The molecule has 0 saturated carbocycles. The highest BCUT2D eigenvalue weighted by Crippen LogP contribution is 2.15. The van der Waals surface area contributed by atoms with Crippen molar-refractivity contribution in [2.24, 2.45) is 5.73 Å². The fourth-order valence-corrected chi connectivity index (χ4v) is 3.89. The minimum atomic E-state index is -0.464. The molecule has 1 aromatic carbocycles. The molecule has 0 spiro atoms. The van der Waals surface area contributed by atoms with Crippen LogP contribution in [-0.4, -0.2) is 110 Å².